The zero-order valence-corrected chi connectivity index (χ0v) is 12.4. The van der Waals surface area contributed by atoms with Crippen LogP contribution in [0.25, 0.3) is 17.8 Å². The summed E-state index contributed by atoms with van der Waals surface area (Å²) in [6, 6.07) is 17.3. The fraction of sp³-hybridized carbons (Fsp3) is 0. The highest BCUT2D eigenvalue weighted by molar-refractivity contribution is 6.30. The number of hydrogen-bond acceptors (Lipinski definition) is 3. The number of benzene rings is 2. The molecule has 0 saturated carbocycles. The van der Waals surface area contributed by atoms with E-state index in [1.807, 2.05) is 60.7 Å². The Hall–Kier alpha value is -2.72. The molecule has 0 fully saturated rings. The van der Waals surface area contributed by atoms with Crippen LogP contribution >= 0.6 is 11.6 Å². The fourth-order valence-corrected chi connectivity index (χ4v) is 1.97. The molecule has 2 aromatic carbocycles. The fourth-order valence-electron chi connectivity index (χ4n) is 1.85. The largest absolute Gasteiger partial charge is 0.198 e. The molecule has 3 rings (SSSR count). The summed E-state index contributed by atoms with van der Waals surface area (Å²) in [6.45, 7) is 0. The highest BCUT2D eigenvalue weighted by Crippen LogP contribution is 2.11. The molecule has 108 valence electrons. The summed E-state index contributed by atoms with van der Waals surface area (Å²) in [7, 11) is 0. The predicted molar refractivity (Wildman–Crippen MR) is 88.7 cm³/mol. The highest BCUT2D eigenvalue weighted by atomic mass is 35.5. The molecule has 0 aliphatic heterocycles. The van der Waals surface area contributed by atoms with E-state index in [2.05, 4.69) is 15.4 Å². The SMILES string of the molecule is Clc1ccc(-n2nnc(/C=C/C=C/c3ccccc3)n2)cc1. The summed E-state index contributed by atoms with van der Waals surface area (Å²) in [5.74, 6) is 0.549. The summed E-state index contributed by atoms with van der Waals surface area (Å²) >= 11 is 5.85. The lowest BCUT2D eigenvalue weighted by Crippen LogP contribution is -1.98. The lowest BCUT2D eigenvalue weighted by molar-refractivity contribution is 0.719. The van der Waals surface area contributed by atoms with Crippen molar-refractivity contribution in [3.05, 3.63) is 83.2 Å². The van der Waals surface area contributed by atoms with Crippen LogP contribution in [0.3, 0.4) is 0 Å². The Morgan fingerprint density at radius 3 is 2.36 bits per heavy atom. The van der Waals surface area contributed by atoms with Gasteiger partial charge in [-0.1, -0.05) is 60.2 Å². The van der Waals surface area contributed by atoms with Crippen LogP contribution in [0.2, 0.25) is 5.02 Å². The van der Waals surface area contributed by atoms with Gasteiger partial charge >= 0.3 is 0 Å². The summed E-state index contributed by atoms with van der Waals surface area (Å²) in [5.41, 5.74) is 1.96. The van der Waals surface area contributed by atoms with Crippen LogP contribution in [0, 0.1) is 0 Å². The molecule has 0 aliphatic rings. The lowest BCUT2D eigenvalue weighted by atomic mass is 10.2. The average molecular weight is 309 g/mol. The van der Waals surface area contributed by atoms with Gasteiger partial charge < -0.3 is 0 Å². The van der Waals surface area contributed by atoms with Crippen molar-refractivity contribution in [1.82, 2.24) is 20.2 Å². The molecule has 4 nitrogen and oxygen atoms in total. The Labute approximate surface area is 133 Å². The second-order valence-corrected chi connectivity index (χ2v) is 4.98. The van der Waals surface area contributed by atoms with E-state index < -0.39 is 0 Å². The third kappa shape index (κ3) is 3.68. The van der Waals surface area contributed by atoms with Gasteiger partial charge in [-0.05, 0) is 41.1 Å². The van der Waals surface area contributed by atoms with Crippen LogP contribution < -0.4 is 0 Å². The van der Waals surface area contributed by atoms with Crippen molar-refractivity contribution in [2.45, 2.75) is 0 Å². The Kier molecular flexibility index (Phi) is 4.41. The lowest BCUT2D eigenvalue weighted by Gasteiger charge is -1.96. The van der Waals surface area contributed by atoms with Gasteiger partial charge in [0.2, 0.25) is 0 Å². The van der Waals surface area contributed by atoms with E-state index in [-0.39, 0.29) is 0 Å². The standard InChI is InChI=1S/C17H13ClN4/c18-15-10-12-16(13-11-15)22-20-17(19-21-22)9-5-4-8-14-6-2-1-3-7-14/h1-13H/b8-4+,9-5+. The van der Waals surface area contributed by atoms with E-state index in [0.717, 1.165) is 11.3 Å². The topological polar surface area (TPSA) is 43.6 Å². The first-order valence-corrected chi connectivity index (χ1v) is 7.15. The minimum Gasteiger partial charge on any atom is -0.131 e. The molecule has 0 amide bonds. The average Bonchev–Trinajstić information content (AvgIpc) is 3.02. The highest BCUT2D eigenvalue weighted by Gasteiger charge is 2.01. The minimum atomic E-state index is 0.549. The maximum absolute atomic E-state index is 5.85. The van der Waals surface area contributed by atoms with Crippen LogP contribution in [0.5, 0.6) is 0 Å². The van der Waals surface area contributed by atoms with Crippen LogP contribution in [0.1, 0.15) is 11.4 Å². The molecule has 0 N–H and O–H groups in total. The molecular weight excluding hydrogens is 296 g/mol. The van der Waals surface area contributed by atoms with Gasteiger partial charge in [0.05, 0.1) is 5.69 Å². The second kappa shape index (κ2) is 6.83. The smallest absolute Gasteiger partial charge is 0.131 e. The number of nitrogens with zero attached hydrogens (tertiary/aromatic N) is 4. The van der Waals surface area contributed by atoms with Gasteiger partial charge in [0.15, 0.2) is 5.82 Å². The molecule has 0 unspecified atom stereocenters. The molecule has 0 radical (unpaired) electrons. The summed E-state index contributed by atoms with van der Waals surface area (Å²) in [6.07, 6.45) is 7.65. The zero-order valence-electron chi connectivity index (χ0n) is 11.7. The van der Waals surface area contributed by atoms with E-state index in [0.29, 0.717) is 10.8 Å². The number of rotatable bonds is 4. The van der Waals surface area contributed by atoms with E-state index in [1.165, 1.54) is 4.80 Å². The Bertz CT molecular complexity index is 789. The molecule has 5 heteroatoms. The normalized spacial score (nSPS) is 11.5. The summed E-state index contributed by atoms with van der Waals surface area (Å²) in [4.78, 5) is 1.47. The van der Waals surface area contributed by atoms with Gasteiger partial charge in [-0.3, -0.25) is 0 Å². The van der Waals surface area contributed by atoms with E-state index in [1.54, 1.807) is 18.2 Å². The van der Waals surface area contributed by atoms with Crippen molar-refractivity contribution in [1.29, 1.82) is 0 Å². The maximum Gasteiger partial charge on any atom is 0.198 e. The molecule has 1 aromatic heterocycles. The number of hydrogen-bond donors (Lipinski definition) is 0. The summed E-state index contributed by atoms with van der Waals surface area (Å²) < 4.78 is 0. The molecule has 0 spiro atoms. The predicted octanol–water partition coefficient (Wildman–Crippen LogP) is 4.04. The molecular formula is C17H13ClN4. The Morgan fingerprint density at radius 2 is 1.59 bits per heavy atom. The molecule has 0 bridgehead atoms. The van der Waals surface area contributed by atoms with Crippen LogP contribution in [-0.2, 0) is 0 Å². The van der Waals surface area contributed by atoms with E-state index in [4.69, 9.17) is 11.6 Å². The van der Waals surface area contributed by atoms with E-state index in [9.17, 15) is 0 Å². The monoisotopic (exact) mass is 308 g/mol. The summed E-state index contributed by atoms with van der Waals surface area (Å²) in [5, 5.41) is 13.0. The van der Waals surface area contributed by atoms with Gasteiger partial charge in [0.25, 0.3) is 0 Å². The van der Waals surface area contributed by atoms with Crippen molar-refractivity contribution < 1.29 is 0 Å². The first-order chi connectivity index (χ1) is 10.8. The molecule has 0 aliphatic carbocycles. The molecule has 0 saturated heterocycles. The zero-order chi connectivity index (χ0) is 15.2. The maximum atomic E-state index is 5.85. The number of allylic oxidation sites excluding steroid dienone is 2. The van der Waals surface area contributed by atoms with Gasteiger partial charge in [-0.15, -0.1) is 15.0 Å². The third-order valence-electron chi connectivity index (χ3n) is 2.93. The van der Waals surface area contributed by atoms with Gasteiger partial charge in [0, 0.05) is 5.02 Å². The van der Waals surface area contributed by atoms with Crippen molar-refractivity contribution in [3.8, 4) is 5.69 Å². The van der Waals surface area contributed by atoms with Gasteiger partial charge in [0.1, 0.15) is 0 Å². The molecule has 22 heavy (non-hydrogen) atoms. The Balaban J connectivity index is 1.68. The number of tetrazole rings is 1. The molecule has 0 atom stereocenters. The van der Waals surface area contributed by atoms with Crippen molar-refractivity contribution in [2.75, 3.05) is 0 Å². The first-order valence-electron chi connectivity index (χ1n) is 6.77. The van der Waals surface area contributed by atoms with Crippen LogP contribution in [0.4, 0.5) is 0 Å². The number of aromatic nitrogens is 4. The van der Waals surface area contributed by atoms with Gasteiger partial charge in [-0.2, -0.15) is 0 Å². The van der Waals surface area contributed by atoms with E-state index >= 15 is 0 Å². The van der Waals surface area contributed by atoms with Crippen LogP contribution in [0.15, 0.2) is 66.7 Å². The Morgan fingerprint density at radius 1 is 0.864 bits per heavy atom. The minimum absolute atomic E-state index is 0.549. The van der Waals surface area contributed by atoms with Crippen molar-refractivity contribution in [3.63, 3.8) is 0 Å². The van der Waals surface area contributed by atoms with Crippen LogP contribution in [-0.4, -0.2) is 20.2 Å². The third-order valence-corrected chi connectivity index (χ3v) is 3.18. The number of halogens is 1. The quantitative estimate of drug-likeness (QED) is 0.683. The second-order valence-electron chi connectivity index (χ2n) is 4.54. The molecule has 3 aromatic rings. The van der Waals surface area contributed by atoms with Crippen molar-refractivity contribution in [2.24, 2.45) is 0 Å². The molecule has 1 heterocycles. The first kappa shape index (κ1) is 14.2. The van der Waals surface area contributed by atoms with Gasteiger partial charge in [-0.25, -0.2) is 0 Å². The van der Waals surface area contributed by atoms with Crippen molar-refractivity contribution >= 4 is 23.8 Å².